The summed E-state index contributed by atoms with van der Waals surface area (Å²) >= 11 is 0. The minimum Gasteiger partial charge on any atom is -0.490 e. The second kappa shape index (κ2) is 8.16. The van der Waals surface area contributed by atoms with Crippen LogP contribution in [0.25, 0.3) is 0 Å². The number of ether oxygens (including phenoxy) is 1. The predicted molar refractivity (Wildman–Crippen MR) is 77.9 cm³/mol. The molecule has 0 aliphatic carbocycles. The third kappa shape index (κ3) is 5.19. The second-order valence-corrected chi connectivity index (χ2v) is 5.31. The zero-order valence-corrected chi connectivity index (χ0v) is 12.3. The summed E-state index contributed by atoms with van der Waals surface area (Å²) in [5, 5.41) is 0. The van der Waals surface area contributed by atoms with E-state index < -0.39 is 0 Å². The summed E-state index contributed by atoms with van der Waals surface area (Å²) in [5.41, 5.74) is 6.82. The van der Waals surface area contributed by atoms with Crippen molar-refractivity contribution >= 4 is 0 Å². The van der Waals surface area contributed by atoms with E-state index in [2.05, 4.69) is 13.8 Å². The van der Waals surface area contributed by atoms with Crippen LogP contribution in [0.3, 0.4) is 0 Å². The van der Waals surface area contributed by atoms with Crippen LogP contribution in [0, 0.1) is 11.7 Å². The maximum atomic E-state index is 13.9. The van der Waals surface area contributed by atoms with Crippen molar-refractivity contribution in [2.75, 3.05) is 6.61 Å². The summed E-state index contributed by atoms with van der Waals surface area (Å²) in [6.45, 7) is 6.87. The fourth-order valence-corrected chi connectivity index (χ4v) is 2.10. The lowest BCUT2D eigenvalue weighted by atomic mass is 10.0. The Morgan fingerprint density at radius 3 is 2.68 bits per heavy atom. The number of nitrogens with two attached hydrogens (primary N) is 1. The molecular formula is C16H26FNO. The summed E-state index contributed by atoms with van der Waals surface area (Å²) in [4.78, 5) is 0. The highest BCUT2D eigenvalue weighted by molar-refractivity contribution is 5.35. The van der Waals surface area contributed by atoms with Crippen LogP contribution in [0.4, 0.5) is 4.39 Å². The number of hydrogen-bond donors (Lipinski definition) is 1. The van der Waals surface area contributed by atoms with Gasteiger partial charge in [0, 0.05) is 6.04 Å². The van der Waals surface area contributed by atoms with Gasteiger partial charge in [-0.15, -0.1) is 0 Å². The summed E-state index contributed by atoms with van der Waals surface area (Å²) in [6.07, 6.45) is 3.75. The molecule has 1 aromatic carbocycles. The van der Waals surface area contributed by atoms with E-state index in [0.717, 1.165) is 24.8 Å². The molecule has 2 unspecified atom stereocenters. The third-order valence-corrected chi connectivity index (χ3v) is 3.35. The van der Waals surface area contributed by atoms with Crippen LogP contribution in [0.1, 0.15) is 45.6 Å². The number of para-hydroxylation sites is 1. The standard InChI is InChI=1S/C16H26FNO/c1-4-7-12(3)11-19-16-13(10-14(18)5-2)8-6-9-15(16)17/h6,8-9,12,14H,4-5,7,10-11,18H2,1-3H3. The van der Waals surface area contributed by atoms with Gasteiger partial charge in [-0.05, 0) is 36.8 Å². The largest absolute Gasteiger partial charge is 0.490 e. The lowest BCUT2D eigenvalue weighted by Crippen LogP contribution is -2.22. The lowest BCUT2D eigenvalue weighted by molar-refractivity contribution is 0.239. The molecular weight excluding hydrogens is 241 g/mol. The molecule has 2 nitrogen and oxygen atoms in total. The highest BCUT2D eigenvalue weighted by Crippen LogP contribution is 2.25. The van der Waals surface area contributed by atoms with Gasteiger partial charge in [0.2, 0.25) is 0 Å². The van der Waals surface area contributed by atoms with E-state index in [-0.39, 0.29) is 11.9 Å². The SMILES string of the molecule is CCCC(C)COc1c(F)cccc1CC(N)CC. The number of benzene rings is 1. The lowest BCUT2D eigenvalue weighted by Gasteiger charge is -2.17. The fourth-order valence-electron chi connectivity index (χ4n) is 2.10. The average molecular weight is 267 g/mol. The van der Waals surface area contributed by atoms with E-state index in [9.17, 15) is 4.39 Å². The van der Waals surface area contributed by atoms with Crippen LogP contribution < -0.4 is 10.5 Å². The summed E-state index contributed by atoms with van der Waals surface area (Å²) in [5.74, 6) is 0.538. The Bertz CT molecular complexity index is 381. The molecule has 1 rings (SSSR count). The molecule has 19 heavy (non-hydrogen) atoms. The minimum atomic E-state index is -0.287. The van der Waals surface area contributed by atoms with Gasteiger partial charge in [0.05, 0.1) is 6.61 Å². The normalized spacial score (nSPS) is 14.2. The Hall–Kier alpha value is -1.09. The average Bonchev–Trinajstić information content (AvgIpc) is 2.38. The van der Waals surface area contributed by atoms with Crippen molar-refractivity contribution in [1.29, 1.82) is 0 Å². The fraction of sp³-hybridized carbons (Fsp3) is 0.625. The summed E-state index contributed by atoms with van der Waals surface area (Å²) in [7, 11) is 0. The Labute approximate surface area is 116 Å². The van der Waals surface area contributed by atoms with Crippen molar-refractivity contribution in [1.82, 2.24) is 0 Å². The molecule has 0 aliphatic heterocycles. The highest BCUT2D eigenvalue weighted by atomic mass is 19.1. The predicted octanol–water partition coefficient (Wildman–Crippen LogP) is 3.92. The van der Waals surface area contributed by atoms with Crippen LogP contribution in [0.5, 0.6) is 5.75 Å². The maximum Gasteiger partial charge on any atom is 0.165 e. The molecule has 0 saturated carbocycles. The van der Waals surface area contributed by atoms with Gasteiger partial charge in [-0.3, -0.25) is 0 Å². The van der Waals surface area contributed by atoms with Crippen molar-refractivity contribution in [2.24, 2.45) is 11.7 Å². The van der Waals surface area contributed by atoms with Gasteiger partial charge in [-0.2, -0.15) is 0 Å². The Morgan fingerprint density at radius 1 is 1.32 bits per heavy atom. The molecule has 0 bridgehead atoms. The van der Waals surface area contributed by atoms with E-state index in [1.807, 2.05) is 13.0 Å². The van der Waals surface area contributed by atoms with Crippen LogP contribution in [0.2, 0.25) is 0 Å². The van der Waals surface area contributed by atoms with Gasteiger partial charge in [0.1, 0.15) is 0 Å². The first-order valence-corrected chi connectivity index (χ1v) is 7.24. The molecule has 1 aromatic rings. The smallest absolute Gasteiger partial charge is 0.165 e. The summed E-state index contributed by atoms with van der Waals surface area (Å²) in [6, 6.07) is 5.12. The number of halogens is 1. The van der Waals surface area contributed by atoms with Gasteiger partial charge < -0.3 is 10.5 Å². The summed E-state index contributed by atoms with van der Waals surface area (Å²) < 4.78 is 19.6. The third-order valence-electron chi connectivity index (χ3n) is 3.35. The molecule has 0 fully saturated rings. The highest BCUT2D eigenvalue weighted by Gasteiger charge is 2.13. The van der Waals surface area contributed by atoms with E-state index in [0.29, 0.717) is 24.7 Å². The maximum absolute atomic E-state index is 13.9. The van der Waals surface area contributed by atoms with Crippen LogP contribution in [0.15, 0.2) is 18.2 Å². The van der Waals surface area contributed by atoms with Crippen molar-refractivity contribution in [2.45, 2.75) is 52.5 Å². The first-order valence-electron chi connectivity index (χ1n) is 7.24. The molecule has 2 N–H and O–H groups in total. The molecule has 0 radical (unpaired) electrons. The molecule has 0 saturated heterocycles. The quantitative estimate of drug-likeness (QED) is 0.774. The molecule has 0 spiro atoms. The van der Waals surface area contributed by atoms with E-state index >= 15 is 0 Å². The zero-order valence-electron chi connectivity index (χ0n) is 12.3. The Kier molecular flexibility index (Phi) is 6.85. The topological polar surface area (TPSA) is 35.2 Å². The van der Waals surface area contributed by atoms with E-state index in [4.69, 9.17) is 10.5 Å². The zero-order chi connectivity index (χ0) is 14.3. The van der Waals surface area contributed by atoms with Crippen molar-refractivity contribution < 1.29 is 9.13 Å². The Balaban J connectivity index is 2.74. The second-order valence-electron chi connectivity index (χ2n) is 5.31. The van der Waals surface area contributed by atoms with Crippen LogP contribution >= 0.6 is 0 Å². The van der Waals surface area contributed by atoms with E-state index in [1.165, 1.54) is 6.07 Å². The van der Waals surface area contributed by atoms with Gasteiger partial charge in [0.25, 0.3) is 0 Å². The van der Waals surface area contributed by atoms with Crippen molar-refractivity contribution in [3.05, 3.63) is 29.6 Å². The molecule has 0 heterocycles. The van der Waals surface area contributed by atoms with Gasteiger partial charge in [-0.1, -0.05) is 39.3 Å². The molecule has 108 valence electrons. The van der Waals surface area contributed by atoms with Crippen LogP contribution in [-0.4, -0.2) is 12.6 Å². The van der Waals surface area contributed by atoms with Crippen LogP contribution in [-0.2, 0) is 6.42 Å². The van der Waals surface area contributed by atoms with Crippen molar-refractivity contribution in [3.63, 3.8) is 0 Å². The molecule has 0 amide bonds. The number of rotatable bonds is 8. The van der Waals surface area contributed by atoms with Gasteiger partial charge in [0.15, 0.2) is 11.6 Å². The van der Waals surface area contributed by atoms with E-state index in [1.54, 1.807) is 6.07 Å². The molecule has 0 aromatic heterocycles. The first kappa shape index (κ1) is 16.0. The molecule has 0 aliphatic rings. The first-order chi connectivity index (χ1) is 9.08. The number of hydrogen-bond acceptors (Lipinski definition) is 2. The minimum absolute atomic E-state index is 0.0530. The molecule has 3 heteroatoms. The van der Waals surface area contributed by atoms with Gasteiger partial charge in [-0.25, -0.2) is 4.39 Å². The monoisotopic (exact) mass is 267 g/mol. The van der Waals surface area contributed by atoms with Crippen molar-refractivity contribution in [3.8, 4) is 5.75 Å². The van der Waals surface area contributed by atoms with Gasteiger partial charge >= 0.3 is 0 Å². The Morgan fingerprint density at radius 2 is 2.05 bits per heavy atom. The molecule has 2 atom stereocenters.